The summed E-state index contributed by atoms with van der Waals surface area (Å²) in [7, 11) is 0. The number of benzene rings is 1. The van der Waals surface area contributed by atoms with Crippen LogP contribution in [0.15, 0.2) is 24.3 Å². The fourth-order valence-electron chi connectivity index (χ4n) is 2.26. The van der Waals surface area contributed by atoms with E-state index >= 15 is 0 Å². The summed E-state index contributed by atoms with van der Waals surface area (Å²) in [4.78, 5) is 13.3. The highest BCUT2D eigenvalue weighted by atomic mass is 32.2. The molecule has 0 bridgehead atoms. The van der Waals surface area contributed by atoms with Gasteiger partial charge in [-0.3, -0.25) is 4.79 Å². The van der Waals surface area contributed by atoms with Crippen LogP contribution in [0.25, 0.3) is 0 Å². The summed E-state index contributed by atoms with van der Waals surface area (Å²) in [5, 5.41) is 0.559. The van der Waals surface area contributed by atoms with Gasteiger partial charge in [0, 0.05) is 36.7 Å². The van der Waals surface area contributed by atoms with Crippen molar-refractivity contribution in [1.29, 1.82) is 0 Å². The maximum absolute atomic E-state index is 11.4. The first-order valence-corrected chi connectivity index (χ1v) is 7.41. The van der Waals surface area contributed by atoms with Gasteiger partial charge in [-0.15, -0.1) is 0 Å². The van der Waals surface area contributed by atoms with Crippen LogP contribution in [0.2, 0.25) is 0 Å². The van der Waals surface area contributed by atoms with Crippen molar-refractivity contribution < 1.29 is 4.79 Å². The van der Waals surface area contributed by atoms with Crippen LogP contribution in [0.5, 0.6) is 0 Å². The summed E-state index contributed by atoms with van der Waals surface area (Å²) < 4.78 is 0. The molecule has 98 valence electrons. The molecule has 0 saturated carbocycles. The number of thioether (sulfide) groups is 1. The number of carbonyl (C=O) groups excluding carboxylic acids is 1. The van der Waals surface area contributed by atoms with Crippen molar-refractivity contribution in [3.8, 4) is 0 Å². The molecule has 1 fully saturated rings. The van der Waals surface area contributed by atoms with Crippen LogP contribution < -0.4 is 5.73 Å². The number of piperidine rings is 1. The monoisotopic (exact) mass is 264 g/mol. The summed E-state index contributed by atoms with van der Waals surface area (Å²) in [6, 6.07) is 8.04. The van der Waals surface area contributed by atoms with Gasteiger partial charge in [0.25, 0.3) is 0 Å². The third-order valence-electron chi connectivity index (χ3n) is 3.26. The van der Waals surface area contributed by atoms with Crippen LogP contribution in [0, 0.1) is 0 Å². The van der Waals surface area contributed by atoms with Crippen molar-refractivity contribution >= 4 is 23.4 Å². The lowest BCUT2D eigenvalue weighted by molar-refractivity contribution is -0.129. The second-order valence-corrected chi connectivity index (χ2v) is 6.07. The minimum Gasteiger partial charge on any atom is -0.399 e. The number of hydrogen-bond acceptors (Lipinski definition) is 3. The number of nitrogen functional groups attached to an aromatic ring is 1. The number of likely N-dealkylation sites (tertiary alicyclic amines) is 1. The van der Waals surface area contributed by atoms with E-state index in [9.17, 15) is 4.79 Å². The van der Waals surface area contributed by atoms with E-state index in [2.05, 4.69) is 6.07 Å². The normalized spacial score (nSPS) is 19.8. The Kier molecular flexibility index (Phi) is 4.53. The molecule has 0 aliphatic carbocycles. The summed E-state index contributed by atoms with van der Waals surface area (Å²) in [5.41, 5.74) is 7.85. The van der Waals surface area contributed by atoms with E-state index in [1.165, 1.54) is 12.0 Å². The van der Waals surface area contributed by atoms with Crippen molar-refractivity contribution in [3.63, 3.8) is 0 Å². The second kappa shape index (κ2) is 6.14. The van der Waals surface area contributed by atoms with Gasteiger partial charge in [-0.2, -0.15) is 11.8 Å². The van der Waals surface area contributed by atoms with Crippen LogP contribution in [-0.2, 0) is 10.5 Å². The molecule has 1 aromatic carbocycles. The van der Waals surface area contributed by atoms with Gasteiger partial charge < -0.3 is 10.6 Å². The third kappa shape index (κ3) is 3.67. The highest BCUT2D eigenvalue weighted by molar-refractivity contribution is 7.99. The number of nitrogens with two attached hydrogens (primary N) is 1. The van der Waals surface area contributed by atoms with E-state index in [0.717, 1.165) is 31.0 Å². The summed E-state index contributed by atoms with van der Waals surface area (Å²) in [6.45, 7) is 3.47. The number of rotatable bonds is 3. The molecule has 0 radical (unpaired) electrons. The van der Waals surface area contributed by atoms with Crippen molar-refractivity contribution in [2.45, 2.75) is 30.8 Å². The Hall–Kier alpha value is -1.16. The summed E-state index contributed by atoms with van der Waals surface area (Å²) in [6.07, 6.45) is 2.32. The van der Waals surface area contributed by atoms with Crippen LogP contribution in [0.1, 0.15) is 25.3 Å². The van der Waals surface area contributed by atoms with Crippen LogP contribution in [-0.4, -0.2) is 29.1 Å². The molecular weight excluding hydrogens is 244 g/mol. The number of carbonyl (C=O) groups is 1. The summed E-state index contributed by atoms with van der Waals surface area (Å²) in [5.74, 6) is 1.17. The fourth-order valence-corrected chi connectivity index (χ4v) is 3.48. The van der Waals surface area contributed by atoms with Gasteiger partial charge in [-0.1, -0.05) is 12.1 Å². The molecule has 3 nitrogen and oxygen atoms in total. The Morgan fingerprint density at radius 3 is 3.11 bits per heavy atom. The van der Waals surface area contributed by atoms with Crippen LogP contribution in [0.4, 0.5) is 5.69 Å². The standard InChI is InChI=1S/C14H20N2OS/c1-11(17)16-7-3-6-14(9-16)18-10-12-4-2-5-13(15)8-12/h2,4-5,8,14H,3,6-7,9-10,15H2,1H3. The number of nitrogens with zero attached hydrogens (tertiary/aromatic N) is 1. The highest BCUT2D eigenvalue weighted by Crippen LogP contribution is 2.26. The molecule has 4 heteroatoms. The van der Waals surface area contributed by atoms with Gasteiger partial charge in [-0.25, -0.2) is 0 Å². The van der Waals surface area contributed by atoms with Gasteiger partial charge in [0.1, 0.15) is 0 Å². The minimum atomic E-state index is 0.198. The second-order valence-electron chi connectivity index (χ2n) is 4.79. The third-order valence-corrected chi connectivity index (χ3v) is 4.62. The molecule has 18 heavy (non-hydrogen) atoms. The van der Waals surface area contributed by atoms with Crippen molar-refractivity contribution in [2.24, 2.45) is 0 Å². The van der Waals surface area contributed by atoms with Crippen LogP contribution >= 0.6 is 11.8 Å². The van der Waals surface area contributed by atoms with E-state index < -0.39 is 0 Å². The molecule has 0 spiro atoms. The largest absolute Gasteiger partial charge is 0.399 e. The number of amides is 1. The van der Waals surface area contributed by atoms with Crippen molar-refractivity contribution in [2.75, 3.05) is 18.8 Å². The minimum absolute atomic E-state index is 0.198. The molecule has 1 aromatic rings. The number of hydrogen-bond donors (Lipinski definition) is 1. The molecule has 1 unspecified atom stereocenters. The Morgan fingerprint density at radius 2 is 2.39 bits per heavy atom. The van der Waals surface area contributed by atoms with Crippen LogP contribution in [0.3, 0.4) is 0 Å². The van der Waals surface area contributed by atoms with Gasteiger partial charge in [-0.05, 0) is 30.5 Å². The molecule has 1 heterocycles. The first-order valence-electron chi connectivity index (χ1n) is 6.36. The maximum atomic E-state index is 11.4. The average molecular weight is 264 g/mol. The van der Waals surface area contributed by atoms with E-state index in [-0.39, 0.29) is 5.91 Å². The van der Waals surface area contributed by atoms with Gasteiger partial charge >= 0.3 is 0 Å². The zero-order valence-corrected chi connectivity index (χ0v) is 11.6. The lowest BCUT2D eigenvalue weighted by Crippen LogP contribution is -2.39. The first kappa shape index (κ1) is 13.3. The van der Waals surface area contributed by atoms with E-state index in [4.69, 9.17) is 5.73 Å². The molecule has 1 aliphatic rings. The zero-order chi connectivity index (χ0) is 13.0. The smallest absolute Gasteiger partial charge is 0.219 e. The van der Waals surface area contributed by atoms with Gasteiger partial charge in [0.2, 0.25) is 5.91 Å². The molecule has 0 aromatic heterocycles. The molecule has 1 amide bonds. The zero-order valence-electron chi connectivity index (χ0n) is 10.8. The molecule has 2 rings (SSSR count). The highest BCUT2D eigenvalue weighted by Gasteiger charge is 2.21. The Balaban J connectivity index is 1.84. The SMILES string of the molecule is CC(=O)N1CCCC(SCc2cccc(N)c2)C1. The van der Waals surface area contributed by atoms with Gasteiger partial charge in [0.05, 0.1) is 0 Å². The molecular formula is C14H20N2OS. The first-order chi connectivity index (χ1) is 8.65. The van der Waals surface area contributed by atoms with Crippen molar-refractivity contribution in [3.05, 3.63) is 29.8 Å². The predicted octanol–water partition coefficient (Wildman–Crippen LogP) is 2.51. The topological polar surface area (TPSA) is 46.3 Å². The summed E-state index contributed by atoms with van der Waals surface area (Å²) >= 11 is 1.93. The quantitative estimate of drug-likeness (QED) is 0.853. The Bertz CT molecular complexity index is 422. The maximum Gasteiger partial charge on any atom is 0.219 e. The lowest BCUT2D eigenvalue weighted by Gasteiger charge is -2.31. The van der Waals surface area contributed by atoms with E-state index in [1.807, 2.05) is 34.9 Å². The Labute approximate surface area is 113 Å². The predicted molar refractivity (Wildman–Crippen MR) is 77.4 cm³/mol. The Morgan fingerprint density at radius 1 is 1.56 bits per heavy atom. The van der Waals surface area contributed by atoms with E-state index in [0.29, 0.717) is 5.25 Å². The molecule has 1 saturated heterocycles. The average Bonchev–Trinajstić information content (AvgIpc) is 2.37. The van der Waals surface area contributed by atoms with Crippen molar-refractivity contribution in [1.82, 2.24) is 4.90 Å². The fraction of sp³-hybridized carbons (Fsp3) is 0.500. The lowest BCUT2D eigenvalue weighted by atomic mass is 10.1. The molecule has 2 N–H and O–H groups in total. The molecule has 1 aliphatic heterocycles. The van der Waals surface area contributed by atoms with E-state index in [1.54, 1.807) is 6.92 Å². The van der Waals surface area contributed by atoms with Gasteiger partial charge in [0.15, 0.2) is 0 Å². The molecule has 1 atom stereocenters. The number of anilines is 1.